The van der Waals surface area contributed by atoms with Gasteiger partial charge in [0.05, 0.1) is 13.2 Å². The first-order valence-corrected chi connectivity index (χ1v) is 9.09. The van der Waals surface area contributed by atoms with Crippen molar-refractivity contribution >= 4 is 11.5 Å². The second kappa shape index (κ2) is 7.58. The highest BCUT2D eigenvalue weighted by molar-refractivity contribution is 5.83. The zero-order chi connectivity index (χ0) is 18.7. The minimum Gasteiger partial charge on any atom is -0.378 e. The molecule has 26 heavy (non-hydrogen) atoms. The van der Waals surface area contributed by atoms with Crippen molar-refractivity contribution in [2.24, 2.45) is 5.41 Å². The summed E-state index contributed by atoms with van der Waals surface area (Å²) >= 11 is 0. The molecule has 0 spiro atoms. The second-order valence-electron chi connectivity index (χ2n) is 7.45. The highest BCUT2D eigenvalue weighted by Crippen LogP contribution is 2.42. The molecule has 138 valence electrons. The van der Waals surface area contributed by atoms with Crippen molar-refractivity contribution in [1.82, 2.24) is 0 Å². The van der Waals surface area contributed by atoms with Crippen LogP contribution < -0.4 is 4.90 Å². The van der Waals surface area contributed by atoms with Crippen molar-refractivity contribution in [2.45, 2.75) is 26.7 Å². The second-order valence-corrected chi connectivity index (χ2v) is 7.45. The summed E-state index contributed by atoms with van der Waals surface area (Å²) in [5.41, 5.74) is 2.59. The van der Waals surface area contributed by atoms with Crippen molar-refractivity contribution in [3.8, 4) is 0 Å². The average molecular weight is 355 g/mol. The van der Waals surface area contributed by atoms with Gasteiger partial charge in [0.1, 0.15) is 11.6 Å². The number of anilines is 1. The zero-order valence-corrected chi connectivity index (χ0v) is 15.7. The molecule has 4 heteroatoms. The number of rotatable bonds is 5. The molecular formula is C22H26FNO2. The Bertz CT molecular complexity index is 747. The number of carbonyl (C=O) groups is 1. The van der Waals surface area contributed by atoms with Gasteiger partial charge in [-0.15, -0.1) is 0 Å². The predicted molar refractivity (Wildman–Crippen MR) is 102 cm³/mol. The number of hydrogen-bond acceptors (Lipinski definition) is 3. The van der Waals surface area contributed by atoms with E-state index in [0.29, 0.717) is 0 Å². The summed E-state index contributed by atoms with van der Waals surface area (Å²) in [7, 11) is 0. The van der Waals surface area contributed by atoms with Crippen LogP contribution in [0.1, 0.15) is 37.8 Å². The maximum Gasteiger partial charge on any atom is 0.136 e. The molecule has 1 fully saturated rings. The van der Waals surface area contributed by atoms with Gasteiger partial charge in [0.2, 0.25) is 0 Å². The smallest absolute Gasteiger partial charge is 0.136 e. The van der Waals surface area contributed by atoms with E-state index in [0.717, 1.165) is 43.1 Å². The summed E-state index contributed by atoms with van der Waals surface area (Å²) in [6, 6.07) is 14.9. The molecule has 1 aliphatic rings. The van der Waals surface area contributed by atoms with Gasteiger partial charge in [-0.05, 0) is 42.3 Å². The minimum absolute atomic E-state index is 0.115. The van der Waals surface area contributed by atoms with Gasteiger partial charge in [-0.3, -0.25) is 4.79 Å². The Morgan fingerprint density at radius 2 is 1.50 bits per heavy atom. The highest BCUT2D eigenvalue weighted by Gasteiger charge is 2.36. The zero-order valence-electron chi connectivity index (χ0n) is 15.7. The van der Waals surface area contributed by atoms with Crippen LogP contribution >= 0.6 is 0 Å². The molecule has 0 N–H and O–H groups in total. The van der Waals surface area contributed by atoms with E-state index in [4.69, 9.17) is 4.74 Å². The average Bonchev–Trinajstić information content (AvgIpc) is 2.64. The Labute approximate surface area is 154 Å². The molecule has 0 aromatic heterocycles. The lowest BCUT2D eigenvalue weighted by molar-refractivity contribution is -0.125. The van der Waals surface area contributed by atoms with Crippen molar-refractivity contribution in [2.75, 3.05) is 31.2 Å². The Hall–Kier alpha value is -2.20. The summed E-state index contributed by atoms with van der Waals surface area (Å²) in [6.07, 6.45) is 0. The third kappa shape index (κ3) is 3.80. The number of ether oxygens (including phenoxy) is 1. The maximum absolute atomic E-state index is 13.4. The summed E-state index contributed by atoms with van der Waals surface area (Å²) in [5, 5.41) is 0. The molecule has 0 saturated carbocycles. The number of nitrogens with zero attached hydrogens (tertiary/aromatic N) is 1. The monoisotopic (exact) mass is 355 g/mol. The number of Topliss-reactive ketones (excluding diaryl/α,β-unsaturated/α-hetero) is 1. The lowest BCUT2D eigenvalue weighted by Crippen LogP contribution is -2.36. The van der Waals surface area contributed by atoms with Crippen LogP contribution in [-0.4, -0.2) is 32.1 Å². The third-order valence-electron chi connectivity index (χ3n) is 5.44. The van der Waals surface area contributed by atoms with Crippen LogP contribution in [0.2, 0.25) is 0 Å². The van der Waals surface area contributed by atoms with Crippen LogP contribution in [0.4, 0.5) is 10.1 Å². The Morgan fingerprint density at radius 3 is 2.00 bits per heavy atom. The van der Waals surface area contributed by atoms with E-state index in [1.807, 2.05) is 13.8 Å². The van der Waals surface area contributed by atoms with Crippen LogP contribution in [0.5, 0.6) is 0 Å². The molecule has 3 nitrogen and oxygen atoms in total. The largest absolute Gasteiger partial charge is 0.378 e. The fourth-order valence-electron chi connectivity index (χ4n) is 3.58. The maximum atomic E-state index is 13.4. The summed E-state index contributed by atoms with van der Waals surface area (Å²) in [5.74, 6) is -0.279. The summed E-state index contributed by atoms with van der Waals surface area (Å²) < 4.78 is 18.8. The van der Waals surface area contributed by atoms with Crippen molar-refractivity contribution < 1.29 is 13.9 Å². The van der Waals surface area contributed by atoms with Crippen LogP contribution in [0.3, 0.4) is 0 Å². The van der Waals surface area contributed by atoms with Crippen molar-refractivity contribution in [1.29, 1.82) is 0 Å². The quantitative estimate of drug-likeness (QED) is 0.796. The van der Waals surface area contributed by atoms with E-state index < -0.39 is 5.41 Å². The molecule has 3 rings (SSSR count). The third-order valence-corrected chi connectivity index (χ3v) is 5.44. The molecule has 0 bridgehead atoms. The van der Waals surface area contributed by atoms with Crippen molar-refractivity contribution in [3.63, 3.8) is 0 Å². The van der Waals surface area contributed by atoms with E-state index >= 15 is 0 Å². The molecule has 1 saturated heterocycles. The van der Waals surface area contributed by atoms with Gasteiger partial charge in [0.25, 0.3) is 0 Å². The number of carbonyl (C=O) groups excluding carboxylic acids is 1. The van der Waals surface area contributed by atoms with Crippen LogP contribution in [0, 0.1) is 11.2 Å². The Balaban J connectivity index is 1.96. The first-order chi connectivity index (χ1) is 12.4. The fourth-order valence-corrected chi connectivity index (χ4v) is 3.58. The molecule has 1 unspecified atom stereocenters. The predicted octanol–water partition coefficient (Wildman–Crippen LogP) is 4.41. The lowest BCUT2D eigenvalue weighted by atomic mass is 9.69. The fraction of sp³-hybridized carbons (Fsp3) is 0.409. The molecule has 1 aliphatic heterocycles. The van der Waals surface area contributed by atoms with Gasteiger partial charge in [-0.1, -0.05) is 38.1 Å². The van der Waals surface area contributed by atoms with Gasteiger partial charge in [-0.2, -0.15) is 0 Å². The number of hydrogen-bond donors (Lipinski definition) is 0. The summed E-state index contributed by atoms with van der Waals surface area (Å²) in [6.45, 7) is 8.81. The molecular weight excluding hydrogens is 329 g/mol. The van der Waals surface area contributed by atoms with E-state index in [1.54, 1.807) is 19.1 Å². The summed E-state index contributed by atoms with van der Waals surface area (Å²) in [4.78, 5) is 14.6. The molecule has 2 aromatic carbocycles. The Kier molecular flexibility index (Phi) is 5.42. The lowest BCUT2D eigenvalue weighted by Gasteiger charge is -2.34. The standard InChI is InChI=1S/C22H26FNO2/c1-16(25)22(2,3)21(17-4-8-19(23)9-5-17)18-6-10-20(11-7-18)24-12-14-26-15-13-24/h4-11,21H,12-15H2,1-3H3. The van der Waals surface area contributed by atoms with E-state index in [2.05, 4.69) is 29.2 Å². The first-order valence-electron chi connectivity index (χ1n) is 9.09. The van der Waals surface area contributed by atoms with Crippen LogP contribution in [0.25, 0.3) is 0 Å². The van der Waals surface area contributed by atoms with E-state index in [-0.39, 0.29) is 17.5 Å². The number of ketones is 1. The normalized spacial score (nSPS) is 16.4. The van der Waals surface area contributed by atoms with Gasteiger partial charge < -0.3 is 9.64 Å². The van der Waals surface area contributed by atoms with Gasteiger partial charge in [-0.25, -0.2) is 4.39 Å². The van der Waals surface area contributed by atoms with Crippen molar-refractivity contribution in [3.05, 3.63) is 65.5 Å². The molecule has 1 atom stereocenters. The molecule has 0 radical (unpaired) electrons. The number of halogens is 1. The first kappa shape index (κ1) is 18.6. The minimum atomic E-state index is -0.585. The molecule has 0 amide bonds. The van der Waals surface area contributed by atoms with E-state index in [9.17, 15) is 9.18 Å². The highest BCUT2D eigenvalue weighted by atomic mass is 19.1. The number of benzene rings is 2. The molecule has 0 aliphatic carbocycles. The molecule has 1 heterocycles. The topological polar surface area (TPSA) is 29.5 Å². The van der Waals surface area contributed by atoms with Gasteiger partial charge >= 0.3 is 0 Å². The molecule has 2 aromatic rings. The Morgan fingerprint density at radius 1 is 1.00 bits per heavy atom. The van der Waals surface area contributed by atoms with Gasteiger partial charge in [0, 0.05) is 30.1 Å². The SMILES string of the molecule is CC(=O)C(C)(C)C(c1ccc(F)cc1)c1ccc(N2CCOCC2)cc1. The van der Waals surface area contributed by atoms with Crippen LogP contribution in [0.15, 0.2) is 48.5 Å². The van der Waals surface area contributed by atoms with Gasteiger partial charge in [0.15, 0.2) is 0 Å². The van der Waals surface area contributed by atoms with Crippen LogP contribution in [-0.2, 0) is 9.53 Å². The van der Waals surface area contributed by atoms with E-state index in [1.165, 1.54) is 12.1 Å². The number of morpholine rings is 1.